The SMILES string of the molecule is Fc1cccc(CC2(CCl)CC2)c1F. The molecule has 1 aliphatic carbocycles. The van der Waals surface area contributed by atoms with Gasteiger partial charge in [0.25, 0.3) is 0 Å². The molecule has 2 rings (SSSR count). The normalized spacial score (nSPS) is 18.2. The zero-order valence-electron chi connectivity index (χ0n) is 7.69. The molecule has 0 aromatic heterocycles. The summed E-state index contributed by atoms with van der Waals surface area (Å²) in [6.07, 6.45) is 2.60. The lowest BCUT2D eigenvalue weighted by Crippen LogP contribution is -2.08. The summed E-state index contributed by atoms with van der Waals surface area (Å²) in [6.45, 7) is 0. The minimum atomic E-state index is -0.770. The number of hydrogen-bond acceptors (Lipinski definition) is 0. The number of hydrogen-bond donors (Lipinski definition) is 0. The van der Waals surface area contributed by atoms with Crippen LogP contribution in [0.3, 0.4) is 0 Å². The molecule has 0 heterocycles. The maximum atomic E-state index is 13.3. The zero-order chi connectivity index (χ0) is 10.2. The Bertz CT molecular complexity index is 345. The Balaban J connectivity index is 2.21. The first kappa shape index (κ1) is 9.91. The molecule has 14 heavy (non-hydrogen) atoms. The van der Waals surface area contributed by atoms with Gasteiger partial charge in [-0.3, -0.25) is 0 Å². The molecule has 1 aliphatic rings. The van der Waals surface area contributed by atoms with Crippen molar-refractivity contribution in [3.05, 3.63) is 35.4 Å². The molecular weight excluding hydrogens is 206 g/mol. The maximum Gasteiger partial charge on any atom is 0.162 e. The van der Waals surface area contributed by atoms with Gasteiger partial charge in [-0.2, -0.15) is 0 Å². The average molecular weight is 217 g/mol. The molecular formula is C11H11ClF2. The molecule has 0 spiro atoms. The van der Waals surface area contributed by atoms with Gasteiger partial charge in [0.2, 0.25) is 0 Å². The van der Waals surface area contributed by atoms with Crippen LogP contribution < -0.4 is 0 Å². The first-order valence-electron chi connectivity index (χ1n) is 4.66. The Morgan fingerprint density at radius 1 is 1.29 bits per heavy atom. The molecule has 0 amide bonds. The van der Waals surface area contributed by atoms with Crippen LogP contribution >= 0.6 is 11.6 Å². The largest absolute Gasteiger partial charge is 0.204 e. The fraction of sp³-hybridized carbons (Fsp3) is 0.455. The van der Waals surface area contributed by atoms with E-state index in [1.807, 2.05) is 0 Å². The summed E-state index contributed by atoms with van der Waals surface area (Å²) >= 11 is 5.78. The summed E-state index contributed by atoms with van der Waals surface area (Å²) in [4.78, 5) is 0. The molecule has 0 unspecified atom stereocenters. The number of alkyl halides is 1. The van der Waals surface area contributed by atoms with Crippen molar-refractivity contribution >= 4 is 11.6 Å². The lowest BCUT2D eigenvalue weighted by Gasteiger charge is -2.11. The van der Waals surface area contributed by atoms with Crippen molar-refractivity contribution in [2.24, 2.45) is 5.41 Å². The molecule has 0 N–H and O–H groups in total. The highest BCUT2D eigenvalue weighted by atomic mass is 35.5. The third-order valence-corrected chi connectivity index (χ3v) is 3.40. The Morgan fingerprint density at radius 2 is 2.00 bits per heavy atom. The average Bonchev–Trinajstić information content (AvgIpc) is 2.94. The van der Waals surface area contributed by atoms with Crippen molar-refractivity contribution < 1.29 is 8.78 Å². The van der Waals surface area contributed by atoms with Gasteiger partial charge in [0.15, 0.2) is 11.6 Å². The van der Waals surface area contributed by atoms with Crippen LogP contribution in [0, 0.1) is 17.0 Å². The Morgan fingerprint density at radius 3 is 2.57 bits per heavy atom. The van der Waals surface area contributed by atoms with E-state index in [4.69, 9.17) is 11.6 Å². The number of benzene rings is 1. The summed E-state index contributed by atoms with van der Waals surface area (Å²) in [5.74, 6) is -0.958. The van der Waals surface area contributed by atoms with Gasteiger partial charge in [-0.1, -0.05) is 12.1 Å². The topological polar surface area (TPSA) is 0 Å². The van der Waals surface area contributed by atoms with Crippen LogP contribution in [0.4, 0.5) is 8.78 Å². The first-order valence-corrected chi connectivity index (χ1v) is 5.19. The van der Waals surface area contributed by atoms with Gasteiger partial charge in [-0.15, -0.1) is 11.6 Å². The third kappa shape index (κ3) is 1.76. The molecule has 0 atom stereocenters. The lowest BCUT2D eigenvalue weighted by molar-refractivity contribution is 0.480. The van der Waals surface area contributed by atoms with Crippen LogP contribution in [0.25, 0.3) is 0 Å². The predicted octanol–water partition coefficient (Wildman–Crippen LogP) is 3.53. The molecule has 0 bridgehead atoms. The van der Waals surface area contributed by atoms with Gasteiger partial charge in [-0.25, -0.2) is 8.78 Å². The van der Waals surface area contributed by atoms with Crippen molar-refractivity contribution in [2.75, 3.05) is 5.88 Å². The van der Waals surface area contributed by atoms with E-state index in [2.05, 4.69) is 0 Å². The number of rotatable bonds is 3. The maximum absolute atomic E-state index is 13.3. The smallest absolute Gasteiger partial charge is 0.162 e. The van der Waals surface area contributed by atoms with Crippen molar-refractivity contribution in [1.82, 2.24) is 0 Å². The highest BCUT2D eigenvalue weighted by Gasteiger charge is 2.42. The van der Waals surface area contributed by atoms with E-state index in [1.165, 1.54) is 6.07 Å². The monoisotopic (exact) mass is 216 g/mol. The molecule has 1 aromatic carbocycles. The highest BCUT2D eigenvalue weighted by Crippen LogP contribution is 2.49. The molecule has 3 heteroatoms. The Hall–Kier alpha value is -0.630. The van der Waals surface area contributed by atoms with Crippen LogP contribution in [0.2, 0.25) is 0 Å². The Kier molecular flexibility index (Phi) is 2.48. The van der Waals surface area contributed by atoms with E-state index in [-0.39, 0.29) is 5.41 Å². The van der Waals surface area contributed by atoms with Crippen LogP contribution in [-0.2, 0) is 6.42 Å². The Labute approximate surface area is 86.9 Å². The zero-order valence-corrected chi connectivity index (χ0v) is 8.45. The van der Waals surface area contributed by atoms with E-state index in [9.17, 15) is 8.78 Å². The van der Waals surface area contributed by atoms with E-state index in [0.717, 1.165) is 18.9 Å². The second kappa shape index (κ2) is 3.50. The molecule has 76 valence electrons. The van der Waals surface area contributed by atoms with Gasteiger partial charge in [-0.05, 0) is 36.3 Å². The molecule has 1 aromatic rings. The summed E-state index contributed by atoms with van der Waals surface area (Å²) in [5.41, 5.74) is 0.485. The van der Waals surface area contributed by atoms with Gasteiger partial charge in [0.05, 0.1) is 0 Å². The second-order valence-electron chi connectivity index (χ2n) is 4.02. The van der Waals surface area contributed by atoms with Gasteiger partial charge in [0.1, 0.15) is 0 Å². The van der Waals surface area contributed by atoms with Crippen molar-refractivity contribution in [3.63, 3.8) is 0 Å². The van der Waals surface area contributed by atoms with E-state index in [0.29, 0.717) is 17.9 Å². The lowest BCUT2D eigenvalue weighted by atomic mass is 9.98. The summed E-state index contributed by atoms with van der Waals surface area (Å²) < 4.78 is 26.1. The van der Waals surface area contributed by atoms with Gasteiger partial charge >= 0.3 is 0 Å². The third-order valence-electron chi connectivity index (χ3n) is 2.84. The van der Waals surface area contributed by atoms with Crippen LogP contribution in [-0.4, -0.2) is 5.88 Å². The van der Waals surface area contributed by atoms with E-state index < -0.39 is 11.6 Å². The molecule has 1 saturated carbocycles. The highest BCUT2D eigenvalue weighted by molar-refractivity contribution is 6.18. The molecule has 1 fully saturated rings. The minimum Gasteiger partial charge on any atom is -0.204 e. The van der Waals surface area contributed by atoms with E-state index in [1.54, 1.807) is 6.07 Å². The van der Waals surface area contributed by atoms with Crippen LogP contribution in [0.5, 0.6) is 0 Å². The molecule has 0 aliphatic heterocycles. The summed E-state index contributed by atoms with van der Waals surface area (Å²) in [7, 11) is 0. The fourth-order valence-corrected chi connectivity index (χ4v) is 1.99. The summed E-state index contributed by atoms with van der Waals surface area (Å²) in [5, 5.41) is 0. The number of halogens is 3. The van der Waals surface area contributed by atoms with Crippen molar-refractivity contribution in [1.29, 1.82) is 0 Å². The predicted molar refractivity (Wildman–Crippen MR) is 52.4 cm³/mol. The standard InChI is InChI=1S/C11H11ClF2/c12-7-11(4-5-11)6-8-2-1-3-9(13)10(8)14/h1-3H,4-7H2. The van der Waals surface area contributed by atoms with Crippen molar-refractivity contribution in [3.8, 4) is 0 Å². The van der Waals surface area contributed by atoms with Crippen molar-refractivity contribution in [2.45, 2.75) is 19.3 Å². The minimum absolute atomic E-state index is 0.0379. The first-order chi connectivity index (χ1) is 6.67. The van der Waals surface area contributed by atoms with Gasteiger partial charge < -0.3 is 0 Å². The second-order valence-corrected chi connectivity index (χ2v) is 4.29. The van der Waals surface area contributed by atoms with Gasteiger partial charge in [0, 0.05) is 5.88 Å². The fourth-order valence-electron chi connectivity index (χ4n) is 1.62. The van der Waals surface area contributed by atoms with E-state index >= 15 is 0 Å². The molecule has 0 saturated heterocycles. The quantitative estimate of drug-likeness (QED) is 0.679. The molecule has 0 nitrogen and oxygen atoms in total. The summed E-state index contributed by atoms with van der Waals surface area (Å²) in [6, 6.07) is 4.31. The van der Waals surface area contributed by atoms with Crippen LogP contribution in [0.15, 0.2) is 18.2 Å². The van der Waals surface area contributed by atoms with Crippen LogP contribution in [0.1, 0.15) is 18.4 Å². The molecule has 0 radical (unpaired) electrons.